The molecule has 0 unspecified atom stereocenters. The summed E-state index contributed by atoms with van der Waals surface area (Å²) in [6.07, 6.45) is 10.0. The zero-order chi connectivity index (χ0) is 8.65. The molecule has 1 aromatic rings. The molecule has 0 saturated carbocycles. The Morgan fingerprint density at radius 1 is 1.14 bits per heavy atom. The van der Waals surface area contributed by atoms with E-state index in [9.17, 15) is 5.11 Å². The predicted molar refractivity (Wildman–Crippen MR) is 47.5 cm³/mol. The Bertz CT molecular complexity index is 260. The average Bonchev–Trinajstić information content (AvgIpc) is 2.62. The quantitative estimate of drug-likeness (QED) is 0.541. The molecule has 0 aromatic heterocycles. The van der Waals surface area contributed by atoms with Gasteiger partial charge in [0, 0.05) is 0 Å². The third kappa shape index (κ3) is 7.99. The number of hydrogen-bond acceptors (Lipinski definition) is 1. The minimum Gasteiger partial charge on any atom is -1.00 e. The molecule has 73 valence electrons. The van der Waals surface area contributed by atoms with E-state index in [0.29, 0.717) is 0 Å². The van der Waals surface area contributed by atoms with Gasteiger partial charge < -0.3 is 17.5 Å². The van der Waals surface area contributed by atoms with Crippen molar-refractivity contribution < 1.29 is 36.1 Å². The number of para-hydroxylation sites is 1. The van der Waals surface area contributed by atoms with Crippen LogP contribution >= 0.6 is 0 Å². The molecule has 0 N–H and O–H groups in total. The summed E-state index contributed by atoms with van der Waals surface area (Å²) in [5.41, 5.74) is 0. The summed E-state index contributed by atoms with van der Waals surface area (Å²) < 4.78 is 0. The fourth-order valence-electron chi connectivity index (χ4n) is 0.761. The van der Waals surface area contributed by atoms with Crippen LogP contribution in [0.5, 0.6) is 5.75 Å². The molecule has 0 amide bonds. The van der Waals surface area contributed by atoms with E-state index in [-0.39, 0.29) is 36.7 Å². The molecule has 14 heavy (non-hydrogen) atoms. The molecule has 0 bridgehead atoms. The molecule has 0 aliphatic heterocycles. The maximum atomic E-state index is 10.3. The first-order chi connectivity index (χ1) is 5.89. The second-order valence-electron chi connectivity index (χ2n) is 2.32. The molecular weight excluding hydrogens is 235 g/mol. The minimum absolute atomic E-state index is 0. The van der Waals surface area contributed by atoms with Crippen molar-refractivity contribution in [2.75, 3.05) is 0 Å². The molecule has 2 rings (SSSR count). The number of halogens is 1. The first-order valence-corrected chi connectivity index (χ1v) is 3.83. The van der Waals surface area contributed by atoms with Gasteiger partial charge in [-0.1, -0.05) is 30.3 Å². The van der Waals surface area contributed by atoms with Crippen molar-refractivity contribution in [3.63, 3.8) is 0 Å². The minimum atomic E-state index is 0. The first-order valence-electron chi connectivity index (χ1n) is 3.83. The fourth-order valence-corrected chi connectivity index (χ4v) is 0.761. The van der Waals surface area contributed by atoms with Crippen molar-refractivity contribution in [2.45, 2.75) is 6.42 Å². The topological polar surface area (TPSA) is 23.1 Å². The van der Waals surface area contributed by atoms with Gasteiger partial charge in [0.2, 0.25) is 0 Å². The Morgan fingerprint density at radius 3 is 2.00 bits per heavy atom. The van der Waals surface area contributed by atoms with E-state index in [1.807, 2.05) is 18.2 Å². The SMILES string of the molecule is [C-]1=CC=CC1.[Cl-].[O-]c1ccccc1.[V+2]. The molecule has 1 aromatic carbocycles. The van der Waals surface area contributed by atoms with Crippen LogP contribution in [0.2, 0.25) is 0 Å². The summed E-state index contributed by atoms with van der Waals surface area (Å²) in [4.78, 5) is 0. The molecular formula is C11H10ClOV-. The Hall–Kier alpha value is -0.626. The number of hydrogen-bond donors (Lipinski definition) is 0. The van der Waals surface area contributed by atoms with Crippen molar-refractivity contribution in [3.8, 4) is 5.75 Å². The number of benzene rings is 1. The Morgan fingerprint density at radius 2 is 1.79 bits per heavy atom. The van der Waals surface area contributed by atoms with Crippen LogP contribution in [0, 0.1) is 6.08 Å². The van der Waals surface area contributed by atoms with Gasteiger partial charge >= 0.3 is 18.6 Å². The molecule has 0 saturated heterocycles. The Labute approximate surface area is 103 Å². The third-order valence-electron chi connectivity index (χ3n) is 1.33. The van der Waals surface area contributed by atoms with Crippen LogP contribution < -0.4 is 17.5 Å². The molecule has 1 aliphatic carbocycles. The summed E-state index contributed by atoms with van der Waals surface area (Å²) in [6, 6.07) is 8.33. The van der Waals surface area contributed by atoms with Crippen LogP contribution in [0.3, 0.4) is 0 Å². The van der Waals surface area contributed by atoms with E-state index in [1.54, 1.807) is 12.1 Å². The van der Waals surface area contributed by atoms with E-state index >= 15 is 0 Å². The molecule has 0 spiro atoms. The zero-order valence-electron chi connectivity index (χ0n) is 7.56. The Kier molecular flexibility index (Phi) is 11.8. The normalized spacial score (nSPS) is 10.6. The molecule has 3 heteroatoms. The van der Waals surface area contributed by atoms with Crippen molar-refractivity contribution in [1.82, 2.24) is 0 Å². The summed E-state index contributed by atoms with van der Waals surface area (Å²) in [7, 11) is 0. The smallest absolute Gasteiger partial charge is 1.00 e. The van der Waals surface area contributed by atoms with Gasteiger partial charge in [-0.3, -0.25) is 6.08 Å². The summed E-state index contributed by atoms with van der Waals surface area (Å²) in [5, 5.41) is 10.3. The molecule has 0 atom stereocenters. The molecule has 1 aliphatic rings. The third-order valence-corrected chi connectivity index (χ3v) is 1.33. The summed E-state index contributed by atoms with van der Waals surface area (Å²) >= 11 is 0. The average molecular weight is 245 g/mol. The van der Waals surface area contributed by atoms with E-state index in [1.165, 1.54) is 12.1 Å². The van der Waals surface area contributed by atoms with E-state index in [0.717, 1.165) is 6.42 Å². The van der Waals surface area contributed by atoms with Gasteiger partial charge in [-0.25, -0.2) is 12.2 Å². The van der Waals surface area contributed by atoms with Crippen molar-refractivity contribution in [3.05, 3.63) is 54.6 Å². The fraction of sp³-hybridized carbons (Fsp3) is 0.0909. The van der Waals surface area contributed by atoms with Gasteiger partial charge in [-0.15, -0.1) is 12.2 Å². The molecule has 0 heterocycles. The second kappa shape index (κ2) is 10.5. The van der Waals surface area contributed by atoms with Gasteiger partial charge in [-0.2, -0.15) is 6.08 Å². The molecule has 1 radical (unpaired) electrons. The van der Waals surface area contributed by atoms with E-state index in [4.69, 9.17) is 0 Å². The predicted octanol–water partition coefficient (Wildman–Crippen LogP) is -0.933. The number of rotatable bonds is 0. The maximum Gasteiger partial charge on any atom is 2.00 e. The zero-order valence-corrected chi connectivity index (χ0v) is 9.71. The maximum absolute atomic E-state index is 10.3. The van der Waals surface area contributed by atoms with Crippen LogP contribution in [-0.2, 0) is 18.6 Å². The van der Waals surface area contributed by atoms with E-state index in [2.05, 4.69) is 12.2 Å². The van der Waals surface area contributed by atoms with Crippen LogP contribution in [0.15, 0.2) is 48.6 Å². The standard InChI is InChI=1S/C6H6O.C5H5.ClH.V/c7-6-4-2-1-3-5-6;1-2-4-5-3-1;;/h1-5,7H;1-3H,4H2;1H;/q;-1;;+2/p-2. The van der Waals surface area contributed by atoms with Crippen LogP contribution in [0.25, 0.3) is 0 Å². The summed E-state index contributed by atoms with van der Waals surface area (Å²) in [5.74, 6) is 0.0718. The van der Waals surface area contributed by atoms with Crippen LogP contribution in [0.4, 0.5) is 0 Å². The molecule has 1 nitrogen and oxygen atoms in total. The Balaban J connectivity index is 0. The first kappa shape index (κ1) is 15.8. The van der Waals surface area contributed by atoms with Crippen molar-refractivity contribution in [1.29, 1.82) is 0 Å². The van der Waals surface area contributed by atoms with Gasteiger partial charge in [-0.05, 0) is 0 Å². The molecule has 0 fully saturated rings. The van der Waals surface area contributed by atoms with Crippen molar-refractivity contribution >= 4 is 0 Å². The van der Waals surface area contributed by atoms with E-state index < -0.39 is 0 Å². The number of allylic oxidation sites excluding steroid dienone is 4. The second-order valence-corrected chi connectivity index (χ2v) is 2.32. The monoisotopic (exact) mass is 244 g/mol. The van der Waals surface area contributed by atoms with Gasteiger partial charge in [0.15, 0.2) is 0 Å². The van der Waals surface area contributed by atoms with Gasteiger partial charge in [0.05, 0.1) is 0 Å². The largest absolute Gasteiger partial charge is 2.00 e. The van der Waals surface area contributed by atoms with Gasteiger partial charge in [0.25, 0.3) is 0 Å². The summed E-state index contributed by atoms with van der Waals surface area (Å²) in [6.45, 7) is 0. The van der Waals surface area contributed by atoms with Crippen molar-refractivity contribution in [2.24, 2.45) is 0 Å². The van der Waals surface area contributed by atoms with Crippen LogP contribution in [0.1, 0.15) is 6.42 Å². The van der Waals surface area contributed by atoms with Crippen LogP contribution in [-0.4, -0.2) is 0 Å². The van der Waals surface area contributed by atoms with Gasteiger partial charge in [0.1, 0.15) is 0 Å².